The molecule has 1 aliphatic heterocycles. The van der Waals surface area contributed by atoms with Crippen molar-refractivity contribution in [3.05, 3.63) is 71.8 Å². The zero-order valence-electron chi connectivity index (χ0n) is 13.3. The van der Waals surface area contributed by atoms with Crippen molar-refractivity contribution in [3.63, 3.8) is 0 Å². The van der Waals surface area contributed by atoms with Gasteiger partial charge in [0.1, 0.15) is 0 Å². The number of thiocarbonyl (C=S) groups is 1. The van der Waals surface area contributed by atoms with Gasteiger partial charge in [-0.2, -0.15) is 0 Å². The zero-order chi connectivity index (χ0) is 16.1. The third kappa shape index (κ3) is 3.02. The van der Waals surface area contributed by atoms with E-state index in [1.54, 1.807) is 5.37 Å². The van der Waals surface area contributed by atoms with Gasteiger partial charge in [0, 0.05) is 16.5 Å². The van der Waals surface area contributed by atoms with E-state index >= 15 is 0 Å². The monoisotopic (exact) mass is 320 g/mol. The van der Waals surface area contributed by atoms with E-state index in [1.165, 1.54) is 0 Å². The van der Waals surface area contributed by atoms with Crippen LogP contribution in [0.25, 0.3) is 0 Å². The first-order chi connectivity index (χ1) is 11.3. The van der Waals surface area contributed by atoms with E-state index in [2.05, 4.69) is 31.2 Å². The Morgan fingerprint density at radius 1 is 1.04 bits per heavy atom. The Kier molecular flexibility index (Phi) is 4.77. The number of hydrogen-bond acceptors (Lipinski definition) is 3. The number of hydrogen-bond donors (Lipinski definition) is 0. The molecule has 0 aromatic heterocycles. The second-order valence-electron chi connectivity index (χ2n) is 5.71. The molecule has 2 aromatic rings. The second-order valence-corrected chi connectivity index (χ2v) is 5.94. The Bertz CT molecular complexity index is 735. The number of aliphatic imine (C=N–C) groups is 2. The minimum atomic E-state index is -0.652. The molecule has 0 aliphatic carbocycles. The zero-order valence-corrected chi connectivity index (χ0v) is 14.1. The van der Waals surface area contributed by atoms with E-state index in [0.717, 1.165) is 41.9 Å². The number of amidine groups is 1. The minimum absolute atomic E-state index is 0.652. The Balaban J connectivity index is 2.12. The van der Waals surface area contributed by atoms with Crippen molar-refractivity contribution in [1.82, 2.24) is 4.99 Å². The maximum absolute atomic E-state index is 5.44. The quantitative estimate of drug-likeness (QED) is 0.729. The van der Waals surface area contributed by atoms with Gasteiger partial charge in [0.25, 0.3) is 5.54 Å². The maximum Gasteiger partial charge on any atom is 0.335 e. The summed E-state index contributed by atoms with van der Waals surface area (Å²) in [6.45, 7) is 2.18. The SMILES string of the molecule is CCCCC1=NC(C=S)(c2ccccc2)C(c2ccccc2)=[N+]1. The van der Waals surface area contributed by atoms with Gasteiger partial charge in [-0.15, -0.1) is 0 Å². The van der Waals surface area contributed by atoms with Crippen LogP contribution in [0.5, 0.6) is 0 Å². The van der Waals surface area contributed by atoms with E-state index in [0.29, 0.717) is 0 Å². The van der Waals surface area contributed by atoms with Crippen LogP contribution in [0, 0.1) is 0 Å². The smallest absolute Gasteiger partial charge is 0.0874 e. The molecule has 1 unspecified atom stereocenters. The highest BCUT2D eigenvalue weighted by Gasteiger charge is 2.50. The highest BCUT2D eigenvalue weighted by Crippen LogP contribution is 2.32. The molecule has 0 spiro atoms. The summed E-state index contributed by atoms with van der Waals surface area (Å²) in [5.41, 5.74) is 2.43. The summed E-state index contributed by atoms with van der Waals surface area (Å²) in [7, 11) is 0. The summed E-state index contributed by atoms with van der Waals surface area (Å²) < 4.78 is 0. The normalized spacial score (nSPS) is 20.0. The molecule has 1 radical (unpaired) electrons. The first kappa shape index (κ1) is 15.8. The molecule has 1 aliphatic rings. The van der Waals surface area contributed by atoms with Gasteiger partial charge < -0.3 is 0 Å². The van der Waals surface area contributed by atoms with Crippen LogP contribution in [0.15, 0.2) is 65.7 Å². The Morgan fingerprint density at radius 3 is 2.30 bits per heavy atom. The lowest BCUT2D eigenvalue weighted by Crippen LogP contribution is -2.34. The average molecular weight is 320 g/mol. The van der Waals surface area contributed by atoms with E-state index in [1.807, 2.05) is 36.4 Å². The fourth-order valence-corrected chi connectivity index (χ4v) is 3.17. The van der Waals surface area contributed by atoms with Crippen molar-refractivity contribution < 1.29 is 0 Å². The standard InChI is InChI=1S/C20H20N2S/c1-2-3-14-18-21-19(16-10-6-4-7-11-16)20(15-23,22-18)17-12-8-5-9-13-17/h4-13,15H,2-3,14H2,1H3/q+1. The van der Waals surface area contributed by atoms with Crippen molar-refractivity contribution in [2.24, 2.45) is 4.99 Å². The van der Waals surface area contributed by atoms with Crippen molar-refractivity contribution >= 4 is 29.1 Å². The fourth-order valence-electron chi connectivity index (χ4n) is 2.87. The van der Waals surface area contributed by atoms with Gasteiger partial charge in [0.05, 0.1) is 6.42 Å². The van der Waals surface area contributed by atoms with Crippen LogP contribution in [-0.4, -0.2) is 16.9 Å². The number of nitrogens with zero attached hydrogens (tertiary/aromatic N) is 2. The summed E-state index contributed by atoms with van der Waals surface area (Å²) in [5, 5.41) is 1.76. The number of rotatable bonds is 6. The van der Waals surface area contributed by atoms with Crippen molar-refractivity contribution in [1.29, 1.82) is 0 Å². The van der Waals surface area contributed by atoms with Crippen LogP contribution in [0.1, 0.15) is 37.3 Å². The molecule has 23 heavy (non-hydrogen) atoms. The Labute approximate surface area is 143 Å². The van der Waals surface area contributed by atoms with Crippen LogP contribution >= 0.6 is 12.2 Å². The molecule has 0 saturated heterocycles. The largest absolute Gasteiger partial charge is 0.335 e. The van der Waals surface area contributed by atoms with Crippen LogP contribution in [0.4, 0.5) is 0 Å². The van der Waals surface area contributed by atoms with Gasteiger partial charge in [-0.1, -0.05) is 91.2 Å². The van der Waals surface area contributed by atoms with Gasteiger partial charge in [0.2, 0.25) is 5.71 Å². The van der Waals surface area contributed by atoms with Crippen LogP contribution in [-0.2, 0) is 5.54 Å². The third-order valence-corrected chi connectivity index (χ3v) is 4.43. The number of unbranched alkanes of at least 4 members (excludes halogenated alkanes) is 1. The Hall–Kier alpha value is -2.13. The highest BCUT2D eigenvalue weighted by atomic mass is 32.1. The first-order valence-corrected chi connectivity index (χ1v) is 8.52. The van der Waals surface area contributed by atoms with E-state index in [9.17, 15) is 0 Å². The van der Waals surface area contributed by atoms with E-state index < -0.39 is 5.54 Å². The molecule has 1 heterocycles. The lowest BCUT2D eigenvalue weighted by Gasteiger charge is -2.16. The molecule has 0 amide bonds. The molecule has 0 bridgehead atoms. The summed E-state index contributed by atoms with van der Waals surface area (Å²) in [6, 6.07) is 20.4. The van der Waals surface area contributed by atoms with Crippen molar-refractivity contribution in [3.8, 4) is 0 Å². The van der Waals surface area contributed by atoms with E-state index in [-0.39, 0.29) is 0 Å². The highest BCUT2D eigenvalue weighted by molar-refractivity contribution is 7.79. The molecule has 1 atom stereocenters. The molecule has 0 N–H and O–H groups in total. The lowest BCUT2D eigenvalue weighted by molar-refractivity contribution is 0.813. The first-order valence-electron chi connectivity index (χ1n) is 8.05. The molecule has 115 valence electrons. The molecule has 0 fully saturated rings. The second kappa shape index (κ2) is 6.97. The third-order valence-electron chi connectivity index (χ3n) is 4.09. The number of benzene rings is 2. The van der Waals surface area contributed by atoms with Crippen molar-refractivity contribution in [2.75, 3.05) is 0 Å². The molecule has 3 rings (SSSR count). The molecule has 2 nitrogen and oxygen atoms in total. The predicted molar refractivity (Wildman–Crippen MR) is 101 cm³/mol. The minimum Gasteiger partial charge on any atom is -0.0874 e. The summed E-state index contributed by atoms with van der Waals surface area (Å²) in [6.07, 6.45) is 3.11. The van der Waals surface area contributed by atoms with Crippen LogP contribution in [0.2, 0.25) is 0 Å². The molecule has 3 heteroatoms. The Morgan fingerprint density at radius 2 is 1.70 bits per heavy atom. The summed E-state index contributed by atoms with van der Waals surface area (Å²) in [4.78, 5) is 9.82. The molecular formula is C20H20N2S+. The fraction of sp³-hybridized carbons (Fsp3) is 0.250. The van der Waals surface area contributed by atoms with Gasteiger partial charge in [-0.05, 0) is 11.4 Å². The molecule has 0 saturated carbocycles. The van der Waals surface area contributed by atoms with Gasteiger partial charge in [-0.25, -0.2) is 0 Å². The van der Waals surface area contributed by atoms with Gasteiger partial charge >= 0.3 is 5.84 Å². The van der Waals surface area contributed by atoms with Gasteiger partial charge in [0.15, 0.2) is 0 Å². The topological polar surface area (TPSA) is 26.5 Å². The maximum atomic E-state index is 5.44. The van der Waals surface area contributed by atoms with Crippen molar-refractivity contribution in [2.45, 2.75) is 31.7 Å². The van der Waals surface area contributed by atoms with Crippen LogP contribution < -0.4 is 4.99 Å². The predicted octanol–water partition coefficient (Wildman–Crippen LogP) is 4.31. The lowest BCUT2D eigenvalue weighted by atomic mass is 9.84. The van der Waals surface area contributed by atoms with E-state index in [4.69, 9.17) is 22.2 Å². The summed E-state index contributed by atoms with van der Waals surface area (Å²) in [5.74, 6) is 0.899. The molecule has 2 aromatic carbocycles. The molecular weight excluding hydrogens is 300 g/mol. The summed E-state index contributed by atoms with van der Waals surface area (Å²) >= 11 is 5.44. The van der Waals surface area contributed by atoms with Gasteiger partial charge in [-0.3, -0.25) is 0 Å². The van der Waals surface area contributed by atoms with Crippen LogP contribution in [0.3, 0.4) is 0 Å². The average Bonchev–Trinajstić information content (AvgIpc) is 3.01.